The van der Waals surface area contributed by atoms with Crippen molar-refractivity contribution in [2.75, 3.05) is 12.4 Å². The van der Waals surface area contributed by atoms with Gasteiger partial charge in [-0.25, -0.2) is 8.78 Å². The van der Waals surface area contributed by atoms with Crippen LogP contribution < -0.4 is 0 Å². The van der Waals surface area contributed by atoms with E-state index in [2.05, 4.69) is 4.74 Å². The number of nitro groups is 1. The molecule has 0 aliphatic rings. The maximum atomic E-state index is 13.5. The first kappa shape index (κ1) is 28.1. The third-order valence-electron chi connectivity index (χ3n) is 3.19. The molecule has 0 aliphatic heterocycles. The van der Waals surface area contributed by atoms with Crippen molar-refractivity contribution >= 4 is 35.2 Å². The van der Waals surface area contributed by atoms with Crippen LogP contribution in [0.1, 0.15) is 0 Å². The van der Waals surface area contributed by atoms with E-state index >= 15 is 0 Å². The van der Waals surface area contributed by atoms with Gasteiger partial charge >= 0.3 is 35.7 Å². The lowest BCUT2D eigenvalue weighted by atomic mass is 10.3. The highest BCUT2D eigenvalue weighted by Gasteiger charge is 2.73. The molecule has 182 valence electrons. The van der Waals surface area contributed by atoms with Crippen LogP contribution in [-0.4, -0.2) is 53.0 Å². The van der Waals surface area contributed by atoms with Crippen LogP contribution in [0.4, 0.5) is 54.0 Å². The van der Waals surface area contributed by atoms with Crippen molar-refractivity contribution in [2.24, 2.45) is 0 Å². The van der Waals surface area contributed by atoms with Crippen LogP contribution in [0.15, 0.2) is 28.0 Å². The fraction of sp³-hybridized carbons (Fsp3) is 0.500. The van der Waals surface area contributed by atoms with Gasteiger partial charge in [0, 0.05) is 11.0 Å². The van der Waals surface area contributed by atoms with Crippen molar-refractivity contribution in [2.45, 2.75) is 39.5 Å². The zero-order valence-corrected chi connectivity index (χ0v) is 16.4. The van der Waals surface area contributed by atoms with Crippen LogP contribution in [0, 0.1) is 10.1 Å². The third-order valence-corrected chi connectivity index (χ3v) is 5.22. The monoisotopic (exact) mass is 527 g/mol. The molecule has 1 aromatic rings. The number of hydrogen-bond donors (Lipinski definition) is 0. The lowest BCUT2D eigenvalue weighted by molar-refractivity contribution is -0.387. The first-order valence-corrected chi connectivity index (χ1v) is 9.36. The van der Waals surface area contributed by atoms with Crippen LogP contribution in [0.5, 0.6) is 0 Å². The number of benzene rings is 1. The van der Waals surface area contributed by atoms with E-state index < -0.39 is 80.2 Å². The number of nitro benzene ring substituents is 1. The van der Waals surface area contributed by atoms with Gasteiger partial charge in [0.05, 0.1) is 15.6 Å². The van der Waals surface area contributed by atoms with Gasteiger partial charge in [-0.05, 0) is 23.9 Å². The van der Waals surface area contributed by atoms with Crippen molar-refractivity contribution in [1.82, 2.24) is 0 Å². The molecule has 1 aromatic carbocycles. The number of thioether (sulfide) groups is 2. The van der Waals surface area contributed by atoms with E-state index in [1.165, 1.54) is 0 Å². The summed E-state index contributed by atoms with van der Waals surface area (Å²) in [6.07, 6.45) is -10.8. The second-order valence-corrected chi connectivity index (χ2v) is 7.79. The van der Waals surface area contributed by atoms with Gasteiger partial charge in [-0.3, -0.25) is 14.9 Å². The topological polar surface area (TPSA) is 69.4 Å². The molecule has 0 spiro atoms. The number of alkyl halides is 11. The molecular weight excluding hydrogens is 519 g/mol. The Hall–Kier alpha value is -1.98. The quantitative estimate of drug-likeness (QED) is 0.122. The zero-order valence-electron chi connectivity index (χ0n) is 14.8. The summed E-state index contributed by atoms with van der Waals surface area (Å²) in [6.45, 7) is -2.00. The SMILES string of the molecule is O=C(CSc1ccc(SC(F)(F)C(F)(F)C(F)(F)F)cc1[N+](=O)[O-])OCC(F)(F)C(F)F. The van der Waals surface area contributed by atoms with Gasteiger partial charge in [0.2, 0.25) is 0 Å². The zero-order chi connectivity index (χ0) is 25.1. The summed E-state index contributed by atoms with van der Waals surface area (Å²) >= 11 is -1.10. The van der Waals surface area contributed by atoms with E-state index in [4.69, 9.17) is 0 Å². The van der Waals surface area contributed by atoms with Crippen molar-refractivity contribution < 1.29 is 62.7 Å². The molecule has 0 unspecified atom stereocenters. The van der Waals surface area contributed by atoms with Gasteiger partial charge in [-0.2, -0.15) is 39.5 Å². The minimum absolute atomic E-state index is 0.205. The number of rotatable bonds is 10. The molecule has 5 nitrogen and oxygen atoms in total. The summed E-state index contributed by atoms with van der Waals surface area (Å²) in [4.78, 5) is 19.6. The number of nitrogens with zero attached hydrogens (tertiary/aromatic N) is 1. The Kier molecular flexibility index (Phi) is 8.66. The molecule has 0 fully saturated rings. The Labute approximate surface area is 178 Å². The molecule has 32 heavy (non-hydrogen) atoms. The van der Waals surface area contributed by atoms with Crippen LogP contribution in [0.25, 0.3) is 0 Å². The Balaban J connectivity index is 2.96. The van der Waals surface area contributed by atoms with Crippen LogP contribution in [0.2, 0.25) is 0 Å². The Bertz CT molecular complexity index is 848. The van der Waals surface area contributed by atoms with Gasteiger partial charge in [-0.1, -0.05) is 0 Å². The largest absolute Gasteiger partial charge is 0.460 e. The van der Waals surface area contributed by atoms with Crippen molar-refractivity contribution in [3.63, 3.8) is 0 Å². The summed E-state index contributed by atoms with van der Waals surface area (Å²) in [6, 6.07) is 1.36. The summed E-state index contributed by atoms with van der Waals surface area (Å²) in [7, 11) is 0. The first-order valence-electron chi connectivity index (χ1n) is 7.56. The molecule has 0 aliphatic carbocycles. The number of ether oxygens (including phenoxy) is 1. The van der Waals surface area contributed by atoms with Crippen LogP contribution >= 0.6 is 23.5 Å². The maximum Gasteiger partial charge on any atom is 0.460 e. The van der Waals surface area contributed by atoms with E-state index in [9.17, 15) is 63.2 Å². The predicted molar refractivity (Wildman–Crippen MR) is 87.5 cm³/mol. The Morgan fingerprint density at radius 1 is 1.06 bits per heavy atom. The smallest absolute Gasteiger partial charge is 0.458 e. The maximum absolute atomic E-state index is 13.5. The highest BCUT2D eigenvalue weighted by atomic mass is 32.2. The average Bonchev–Trinajstić information content (AvgIpc) is 2.63. The van der Waals surface area contributed by atoms with Crippen LogP contribution in [-0.2, 0) is 9.53 Å². The minimum atomic E-state index is -6.62. The minimum Gasteiger partial charge on any atom is -0.458 e. The molecule has 0 aromatic heterocycles. The molecule has 0 N–H and O–H groups in total. The third kappa shape index (κ3) is 6.76. The highest BCUT2D eigenvalue weighted by molar-refractivity contribution is 8.00. The van der Waals surface area contributed by atoms with Gasteiger partial charge < -0.3 is 4.74 Å². The second kappa shape index (κ2) is 9.88. The molecule has 0 saturated heterocycles. The van der Waals surface area contributed by atoms with E-state index in [-0.39, 0.29) is 17.8 Å². The van der Waals surface area contributed by atoms with Gasteiger partial charge in [0.25, 0.3) is 5.69 Å². The number of carbonyl (C=O) groups is 1. The number of halogens is 11. The van der Waals surface area contributed by atoms with E-state index in [0.717, 1.165) is 0 Å². The summed E-state index contributed by atoms with van der Waals surface area (Å²) in [5.41, 5.74) is -1.10. The Morgan fingerprint density at radius 2 is 1.62 bits per heavy atom. The van der Waals surface area contributed by atoms with E-state index in [1.807, 2.05) is 0 Å². The molecule has 0 saturated carbocycles. The highest BCUT2D eigenvalue weighted by Crippen LogP contribution is 2.54. The summed E-state index contributed by atoms with van der Waals surface area (Å²) in [5.74, 6) is -13.6. The summed E-state index contributed by atoms with van der Waals surface area (Å²) < 4.78 is 143. The molecule has 0 radical (unpaired) electrons. The molecule has 0 bridgehead atoms. The van der Waals surface area contributed by atoms with Crippen molar-refractivity contribution in [3.05, 3.63) is 28.3 Å². The molecule has 0 heterocycles. The number of hydrogen-bond acceptors (Lipinski definition) is 6. The molecule has 18 heteroatoms. The lowest BCUT2D eigenvalue weighted by Crippen LogP contribution is -2.49. The lowest BCUT2D eigenvalue weighted by Gasteiger charge is -2.27. The van der Waals surface area contributed by atoms with Gasteiger partial charge in [-0.15, -0.1) is 11.8 Å². The number of esters is 1. The normalized spacial score (nSPS) is 13.4. The fourth-order valence-corrected chi connectivity index (χ4v) is 3.27. The second-order valence-electron chi connectivity index (χ2n) is 5.59. The molecular formula is C14H8F11NO4S2. The standard InChI is InChI=1S/C14H8F11NO4S2/c15-10(16)11(17,18)5-30-9(27)4-31-8-2-1-6(3-7(8)26(28)29)32-14(24,25)12(19,20)13(21,22)23/h1-3,10H,4-5H2. The number of carbonyl (C=O) groups excluding carboxylic acids is 1. The van der Waals surface area contributed by atoms with Crippen molar-refractivity contribution in [1.29, 1.82) is 0 Å². The summed E-state index contributed by atoms with van der Waals surface area (Å²) in [5, 5.41) is 5.30. The van der Waals surface area contributed by atoms with Crippen molar-refractivity contribution in [3.8, 4) is 0 Å². The molecule has 0 amide bonds. The molecule has 1 rings (SSSR count). The van der Waals surface area contributed by atoms with Gasteiger partial charge in [0.1, 0.15) is 0 Å². The molecule has 0 atom stereocenters. The van der Waals surface area contributed by atoms with Gasteiger partial charge in [0.15, 0.2) is 6.61 Å². The van der Waals surface area contributed by atoms with E-state index in [0.29, 0.717) is 12.1 Å². The fourth-order valence-electron chi connectivity index (χ4n) is 1.62. The Morgan fingerprint density at radius 3 is 2.09 bits per heavy atom. The predicted octanol–water partition coefficient (Wildman–Crippen LogP) is 6.01. The van der Waals surface area contributed by atoms with Crippen LogP contribution in [0.3, 0.4) is 0 Å². The van der Waals surface area contributed by atoms with E-state index in [1.54, 1.807) is 0 Å². The average molecular weight is 527 g/mol. The first-order chi connectivity index (χ1) is 14.3.